The van der Waals surface area contributed by atoms with Gasteiger partial charge in [0.2, 0.25) is 0 Å². The molecule has 3 rings (SSSR count). The molecule has 0 aliphatic carbocycles. The largest absolute Gasteiger partial charge is 0.492 e. The molecule has 0 spiro atoms. The molecule has 0 aliphatic heterocycles. The SMILES string of the molecule is CCSc1ccc(S(=O)(=O)N(C)OC(=O)C(F)(F)F)cc1Nc1cc(Nc2ccc(C(C)C)cc2)ncn1. The van der Waals surface area contributed by atoms with Crippen LogP contribution in [-0.4, -0.2) is 47.8 Å². The molecular formula is C24H26F3N5O4S2. The van der Waals surface area contributed by atoms with Gasteiger partial charge in [-0.3, -0.25) is 0 Å². The monoisotopic (exact) mass is 569 g/mol. The number of thioether (sulfide) groups is 1. The number of aromatic nitrogens is 2. The second-order valence-corrected chi connectivity index (χ2v) is 11.4. The molecular weight excluding hydrogens is 543 g/mol. The first-order valence-corrected chi connectivity index (χ1v) is 13.7. The molecule has 204 valence electrons. The first-order chi connectivity index (χ1) is 17.8. The highest BCUT2D eigenvalue weighted by molar-refractivity contribution is 7.99. The topological polar surface area (TPSA) is 114 Å². The number of anilines is 4. The number of carbonyl (C=O) groups is 1. The second-order valence-electron chi connectivity index (χ2n) is 8.20. The van der Waals surface area contributed by atoms with Gasteiger partial charge in [0.1, 0.15) is 18.0 Å². The van der Waals surface area contributed by atoms with Gasteiger partial charge in [-0.2, -0.15) is 13.2 Å². The number of nitrogens with zero attached hydrogens (tertiary/aromatic N) is 3. The lowest BCUT2D eigenvalue weighted by atomic mass is 10.0. The average Bonchev–Trinajstić information content (AvgIpc) is 2.85. The Balaban J connectivity index is 1.86. The molecule has 0 unspecified atom stereocenters. The van der Waals surface area contributed by atoms with Crippen LogP contribution >= 0.6 is 11.8 Å². The minimum absolute atomic E-state index is 0.119. The summed E-state index contributed by atoms with van der Waals surface area (Å²) in [5.74, 6) is -0.782. The zero-order valence-corrected chi connectivity index (χ0v) is 22.5. The predicted octanol–water partition coefficient (Wildman–Crippen LogP) is 5.84. The summed E-state index contributed by atoms with van der Waals surface area (Å²) in [7, 11) is -3.90. The Labute approximate surface area is 222 Å². The third-order valence-corrected chi connectivity index (χ3v) is 7.67. The Hall–Kier alpha value is -3.36. The van der Waals surface area contributed by atoms with Crippen molar-refractivity contribution in [1.82, 2.24) is 14.4 Å². The van der Waals surface area contributed by atoms with E-state index in [0.717, 1.165) is 5.69 Å². The second kappa shape index (κ2) is 12.0. The molecule has 1 heterocycles. The fourth-order valence-corrected chi connectivity index (χ4v) is 4.86. The Morgan fingerprint density at radius 1 is 1.05 bits per heavy atom. The number of benzene rings is 2. The number of carbonyl (C=O) groups excluding carboxylic acids is 1. The van der Waals surface area contributed by atoms with E-state index in [4.69, 9.17) is 0 Å². The van der Waals surface area contributed by atoms with Gasteiger partial charge in [0, 0.05) is 23.7 Å². The molecule has 0 amide bonds. The molecule has 38 heavy (non-hydrogen) atoms. The van der Waals surface area contributed by atoms with Crippen LogP contribution < -0.4 is 10.6 Å². The average molecular weight is 570 g/mol. The Morgan fingerprint density at radius 2 is 1.68 bits per heavy atom. The van der Waals surface area contributed by atoms with E-state index in [1.54, 1.807) is 6.07 Å². The van der Waals surface area contributed by atoms with E-state index in [0.29, 0.717) is 40.9 Å². The fraction of sp³-hybridized carbons (Fsp3) is 0.292. The van der Waals surface area contributed by atoms with Crippen molar-refractivity contribution in [2.45, 2.75) is 42.7 Å². The van der Waals surface area contributed by atoms with Crippen LogP contribution in [0.1, 0.15) is 32.3 Å². The van der Waals surface area contributed by atoms with Crippen molar-refractivity contribution in [2.24, 2.45) is 0 Å². The van der Waals surface area contributed by atoms with E-state index in [1.807, 2.05) is 31.2 Å². The number of halogens is 3. The lowest BCUT2D eigenvalue weighted by Crippen LogP contribution is -2.36. The van der Waals surface area contributed by atoms with Gasteiger partial charge in [-0.1, -0.05) is 32.9 Å². The van der Waals surface area contributed by atoms with Gasteiger partial charge < -0.3 is 15.5 Å². The summed E-state index contributed by atoms with van der Waals surface area (Å²) >= 11 is 1.41. The number of hydroxylamine groups is 1. The van der Waals surface area contributed by atoms with Crippen molar-refractivity contribution >= 4 is 50.8 Å². The molecule has 0 atom stereocenters. The van der Waals surface area contributed by atoms with Crippen molar-refractivity contribution in [1.29, 1.82) is 0 Å². The minimum atomic E-state index is -5.35. The number of rotatable bonds is 10. The smallest absolute Gasteiger partial charge is 0.345 e. The number of alkyl halides is 3. The standard InChI is InChI=1S/C24H26F3N5O4S2/c1-5-37-20-11-10-18(38(34,35)32(4)36-23(33)24(25,26)27)12-19(20)31-22-13-21(28-14-29-22)30-17-8-6-16(7-9-17)15(2)3/h6-15H,5H2,1-4H3,(H2,28,29,30,31). The summed E-state index contributed by atoms with van der Waals surface area (Å²) in [5.41, 5.74) is 2.33. The molecule has 0 aliphatic rings. The van der Waals surface area contributed by atoms with Gasteiger partial charge >= 0.3 is 12.1 Å². The molecule has 0 radical (unpaired) electrons. The van der Waals surface area contributed by atoms with E-state index in [9.17, 15) is 26.4 Å². The van der Waals surface area contributed by atoms with E-state index < -0.39 is 27.1 Å². The van der Waals surface area contributed by atoms with E-state index in [2.05, 4.69) is 39.3 Å². The molecule has 3 aromatic rings. The molecule has 0 saturated carbocycles. The highest BCUT2D eigenvalue weighted by Crippen LogP contribution is 2.33. The summed E-state index contributed by atoms with van der Waals surface area (Å²) in [5, 5.41) is 6.22. The summed E-state index contributed by atoms with van der Waals surface area (Å²) in [6.07, 6.45) is -4.03. The molecule has 14 heteroatoms. The minimum Gasteiger partial charge on any atom is -0.345 e. The van der Waals surface area contributed by atoms with Crippen LogP contribution in [0.4, 0.5) is 36.2 Å². The van der Waals surface area contributed by atoms with E-state index in [1.165, 1.54) is 41.9 Å². The molecule has 9 nitrogen and oxygen atoms in total. The highest BCUT2D eigenvalue weighted by atomic mass is 32.2. The normalized spacial score (nSPS) is 12.0. The van der Waals surface area contributed by atoms with E-state index >= 15 is 0 Å². The van der Waals surface area contributed by atoms with Crippen LogP contribution in [0.25, 0.3) is 0 Å². The van der Waals surface area contributed by atoms with Gasteiger partial charge in [0.05, 0.1) is 10.6 Å². The molecule has 0 saturated heterocycles. The van der Waals surface area contributed by atoms with Gasteiger partial charge in [-0.15, -0.1) is 11.8 Å². The zero-order valence-electron chi connectivity index (χ0n) is 20.9. The molecule has 2 N–H and O–H groups in total. The summed E-state index contributed by atoms with van der Waals surface area (Å²) in [6, 6.07) is 13.4. The maximum atomic E-state index is 12.8. The third-order valence-electron chi connectivity index (χ3n) is 5.11. The molecule has 0 fully saturated rings. The lowest BCUT2D eigenvalue weighted by molar-refractivity contribution is -0.219. The maximum absolute atomic E-state index is 12.8. The van der Waals surface area contributed by atoms with Gasteiger partial charge in [-0.25, -0.2) is 23.2 Å². The van der Waals surface area contributed by atoms with Crippen molar-refractivity contribution in [3.63, 3.8) is 0 Å². The van der Waals surface area contributed by atoms with Crippen LogP contribution in [0.5, 0.6) is 0 Å². The van der Waals surface area contributed by atoms with Crippen molar-refractivity contribution in [3.8, 4) is 0 Å². The summed E-state index contributed by atoms with van der Waals surface area (Å²) < 4.78 is 63.1. The summed E-state index contributed by atoms with van der Waals surface area (Å²) in [6.45, 7) is 6.10. The van der Waals surface area contributed by atoms with Crippen LogP contribution in [0.15, 0.2) is 64.6 Å². The fourth-order valence-electron chi connectivity index (χ4n) is 3.15. The third kappa shape index (κ3) is 7.36. The quantitative estimate of drug-likeness (QED) is 0.230. The first-order valence-electron chi connectivity index (χ1n) is 11.3. The number of hydrogen-bond acceptors (Lipinski definition) is 9. The maximum Gasteiger partial charge on any atom is 0.492 e. The van der Waals surface area contributed by atoms with Crippen LogP contribution in [0.2, 0.25) is 0 Å². The Morgan fingerprint density at radius 3 is 2.26 bits per heavy atom. The van der Waals surface area contributed by atoms with Gasteiger partial charge in [0.15, 0.2) is 0 Å². The number of nitrogens with one attached hydrogen (secondary N) is 2. The highest BCUT2D eigenvalue weighted by Gasteiger charge is 2.43. The lowest BCUT2D eigenvalue weighted by Gasteiger charge is -2.18. The molecule has 1 aromatic heterocycles. The summed E-state index contributed by atoms with van der Waals surface area (Å²) in [4.78, 5) is 23.8. The zero-order chi connectivity index (χ0) is 28.1. The van der Waals surface area contributed by atoms with Crippen LogP contribution in [-0.2, 0) is 19.7 Å². The Kier molecular flexibility index (Phi) is 9.22. The van der Waals surface area contributed by atoms with Crippen LogP contribution in [0.3, 0.4) is 0 Å². The van der Waals surface area contributed by atoms with E-state index in [-0.39, 0.29) is 4.47 Å². The van der Waals surface area contributed by atoms with Gasteiger partial charge in [0.25, 0.3) is 10.0 Å². The molecule has 2 aromatic carbocycles. The molecule has 0 bridgehead atoms. The van der Waals surface area contributed by atoms with Gasteiger partial charge in [-0.05, 0) is 52.0 Å². The number of sulfonamides is 1. The van der Waals surface area contributed by atoms with Crippen molar-refractivity contribution < 1.29 is 31.2 Å². The Bertz CT molecular complexity index is 1380. The number of hydrogen-bond donors (Lipinski definition) is 2. The van der Waals surface area contributed by atoms with Crippen molar-refractivity contribution in [2.75, 3.05) is 23.4 Å². The van der Waals surface area contributed by atoms with Crippen LogP contribution in [0, 0.1) is 0 Å². The first kappa shape index (κ1) is 29.2. The predicted molar refractivity (Wildman–Crippen MR) is 139 cm³/mol. The van der Waals surface area contributed by atoms with Crippen molar-refractivity contribution in [3.05, 3.63) is 60.4 Å².